The predicted molar refractivity (Wildman–Crippen MR) is 62.5 cm³/mol. The molecule has 1 atom stereocenters. The molecule has 0 saturated carbocycles. The third-order valence-electron chi connectivity index (χ3n) is 2.75. The van der Waals surface area contributed by atoms with Crippen LogP contribution in [0.5, 0.6) is 0 Å². The van der Waals surface area contributed by atoms with E-state index in [2.05, 4.69) is 14.8 Å². The molecule has 0 aromatic heterocycles. The lowest BCUT2D eigenvalue weighted by Crippen LogP contribution is -2.43. The summed E-state index contributed by atoms with van der Waals surface area (Å²) in [6.45, 7) is 0. The van der Waals surface area contributed by atoms with E-state index in [1.165, 1.54) is 14.2 Å². The van der Waals surface area contributed by atoms with Gasteiger partial charge < -0.3 is 14.8 Å². The van der Waals surface area contributed by atoms with Gasteiger partial charge in [-0.1, -0.05) is 6.08 Å². The summed E-state index contributed by atoms with van der Waals surface area (Å²) in [6.07, 6.45) is 3.63. The maximum atomic E-state index is 11.7. The van der Waals surface area contributed by atoms with Gasteiger partial charge in [-0.25, -0.2) is 4.79 Å². The summed E-state index contributed by atoms with van der Waals surface area (Å²) in [5.41, 5.74) is 0.668. The number of rotatable bonds is 6. The minimum absolute atomic E-state index is 0.0512. The van der Waals surface area contributed by atoms with E-state index in [9.17, 15) is 14.4 Å². The largest absolute Gasteiger partial charge is 0.469 e. The van der Waals surface area contributed by atoms with Crippen LogP contribution in [0.15, 0.2) is 11.6 Å². The Bertz CT molecular complexity index is 375. The smallest absolute Gasteiger partial charge is 0.328 e. The van der Waals surface area contributed by atoms with E-state index >= 15 is 0 Å². The number of hydrogen-bond acceptors (Lipinski definition) is 5. The molecule has 0 aliphatic heterocycles. The molecule has 0 aromatic carbocycles. The standard InChI is InChI=1S/C12H17NO5/c1-17-10(14)7-6-9(12(16)18-2)13-11(15)8-4-3-5-8/h4,9H,3,5-7H2,1-2H3,(H,13,15). The van der Waals surface area contributed by atoms with E-state index < -0.39 is 18.0 Å². The Morgan fingerprint density at radius 1 is 1.33 bits per heavy atom. The Hall–Kier alpha value is -1.85. The molecule has 0 heterocycles. The zero-order valence-electron chi connectivity index (χ0n) is 10.5. The second kappa shape index (κ2) is 6.78. The first-order valence-electron chi connectivity index (χ1n) is 5.73. The Kier molecular flexibility index (Phi) is 5.35. The molecule has 6 heteroatoms. The molecule has 1 N–H and O–H groups in total. The molecule has 1 amide bonds. The molecule has 1 unspecified atom stereocenters. The Labute approximate surface area is 105 Å². The first-order valence-corrected chi connectivity index (χ1v) is 5.73. The molecule has 1 aliphatic rings. The summed E-state index contributed by atoms with van der Waals surface area (Å²) in [6, 6.07) is -0.817. The van der Waals surface area contributed by atoms with E-state index in [0.717, 1.165) is 12.8 Å². The summed E-state index contributed by atoms with van der Waals surface area (Å²) >= 11 is 0. The van der Waals surface area contributed by atoms with Crippen molar-refractivity contribution in [1.82, 2.24) is 5.32 Å². The Morgan fingerprint density at radius 2 is 2.00 bits per heavy atom. The molecular formula is C12H17NO5. The highest BCUT2D eigenvalue weighted by molar-refractivity contribution is 5.97. The maximum absolute atomic E-state index is 11.7. The summed E-state index contributed by atoms with van der Waals surface area (Å²) in [5.74, 6) is -1.27. The van der Waals surface area contributed by atoms with Gasteiger partial charge in [0.25, 0.3) is 0 Å². The Morgan fingerprint density at radius 3 is 2.44 bits per heavy atom. The van der Waals surface area contributed by atoms with Gasteiger partial charge in [0.2, 0.25) is 5.91 Å². The molecule has 1 aliphatic carbocycles. The molecule has 0 bridgehead atoms. The van der Waals surface area contributed by atoms with Crippen molar-refractivity contribution >= 4 is 17.8 Å². The van der Waals surface area contributed by atoms with E-state index in [1.807, 2.05) is 6.08 Å². The summed E-state index contributed by atoms with van der Waals surface area (Å²) in [4.78, 5) is 34.2. The van der Waals surface area contributed by atoms with Crippen molar-refractivity contribution in [3.8, 4) is 0 Å². The molecule has 0 radical (unpaired) electrons. The molecule has 0 saturated heterocycles. The number of methoxy groups -OCH3 is 2. The molecule has 18 heavy (non-hydrogen) atoms. The highest BCUT2D eigenvalue weighted by Crippen LogP contribution is 2.18. The highest BCUT2D eigenvalue weighted by atomic mass is 16.5. The van der Waals surface area contributed by atoms with Crippen LogP contribution in [-0.4, -0.2) is 38.1 Å². The summed E-state index contributed by atoms with van der Waals surface area (Å²) < 4.78 is 9.07. The average molecular weight is 255 g/mol. The zero-order chi connectivity index (χ0) is 13.5. The quantitative estimate of drug-likeness (QED) is 0.691. The van der Waals surface area contributed by atoms with Crippen molar-refractivity contribution in [1.29, 1.82) is 0 Å². The van der Waals surface area contributed by atoms with Gasteiger partial charge in [0.05, 0.1) is 14.2 Å². The number of esters is 2. The van der Waals surface area contributed by atoms with Crippen LogP contribution in [-0.2, 0) is 23.9 Å². The van der Waals surface area contributed by atoms with Crippen molar-refractivity contribution in [3.63, 3.8) is 0 Å². The van der Waals surface area contributed by atoms with Crippen LogP contribution in [0.2, 0.25) is 0 Å². The van der Waals surface area contributed by atoms with Crippen LogP contribution >= 0.6 is 0 Å². The second-order valence-corrected chi connectivity index (χ2v) is 3.93. The molecule has 0 aromatic rings. The molecule has 0 spiro atoms. The van der Waals surface area contributed by atoms with Crippen LogP contribution in [0.1, 0.15) is 25.7 Å². The van der Waals surface area contributed by atoms with Gasteiger partial charge in [-0.2, -0.15) is 0 Å². The third-order valence-corrected chi connectivity index (χ3v) is 2.75. The SMILES string of the molecule is COC(=O)CCC(NC(=O)C1=CCC1)C(=O)OC. The topological polar surface area (TPSA) is 81.7 Å². The van der Waals surface area contributed by atoms with Crippen molar-refractivity contribution in [2.75, 3.05) is 14.2 Å². The first-order chi connectivity index (χ1) is 8.58. The molecule has 0 fully saturated rings. The van der Waals surface area contributed by atoms with Crippen LogP contribution in [0, 0.1) is 0 Å². The lowest BCUT2D eigenvalue weighted by molar-refractivity contribution is -0.146. The normalized spacial score (nSPS) is 14.9. The van der Waals surface area contributed by atoms with Gasteiger partial charge in [0.15, 0.2) is 0 Å². The number of hydrogen-bond donors (Lipinski definition) is 1. The fraction of sp³-hybridized carbons (Fsp3) is 0.583. The minimum Gasteiger partial charge on any atom is -0.469 e. The van der Waals surface area contributed by atoms with Crippen LogP contribution in [0.4, 0.5) is 0 Å². The van der Waals surface area contributed by atoms with Crippen molar-refractivity contribution in [2.45, 2.75) is 31.7 Å². The fourth-order valence-electron chi connectivity index (χ4n) is 1.50. The van der Waals surface area contributed by atoms with Gasteiger partial charge in [0.1, 0.15) is 6.04 Å². The molecule has 6 nitrogen and oxygen atoms in total. The number of amides is 1. The summed E-state index contributed by atoms with van der Waals surface area (Å²) in [5, 5.41) is 2.56. The van der Waals surface area contributed by atoms with Crippen LogP contribution < -0.4 is 5.32 Å². The number of carbonyl (C=O) groups excluding carboxylic acids is 3. The van der Waals surface area contributed by atoms with Crippen molar-refractivity contribution < 1.29 is 23.9 Å². The van der Waals surface area contributed by atoms with Gasteiger partial charge in [-0.05, 0) is 19.3 Å². The molecule has 100 valence electrons. The second-order valence-electron chi connectivity index (χ2n) is 3.93. The lowest BCUT2D eigenvalue weighted by atomic mass is 9.98. The average Bonchev–Trinajstić information content (AvgIpc) is 2.30. The van der Waals surface area contributed by atoms with Gasteiger partial charge in [0, 0.05) is 12.0 Å². The predicted octanol–water partition coefficient (Wildman–Crippen LogP) is 0.318. The zero-order valence-corrected chi connectivity index (χ0v) is 10.5. The maximum Gasteiger partial charge on any atom is 0.328 e. The van der Waals surface area contributed by atoms with Crippen LogP contribution in [0.3, 0.4) is 0 Å². The third kappa shape index (κ3) is 3.87. The van der Waals surface area contributed by atoms with Crippen molar-refractivity contribution in [2.24, 2.45) is 0 Å². The number of nitrogens with one attached hydrogen (secondary N) is 1. The fourth-order valence-corrected chi connectivity index (χ4v) is 1.50. The lowest BCUT2D eigenvalue weighted by Gasteiger charge is -2.19. The first kappa shape index (κ1) is 14.2. The molecule has 1 rings (SSSR count). The van der Waals surface area contributed by atoms with Crippen LogP contribution in [0.25, 0.3) is 0 Å². The summed E-state index contributed by atoms with van der Waals surface area (Å²) in [7, 11) is 2.51. The van der Waals surface area contributed by atoms with E-state index in [4.69, 9.17) is 0 Å². The van der Waals surface area contributed by atoms with Crippen molar-refractivity contribution in [3.05, 3.63) is 11.6 Å². The van der Waals surface area contributed by atoms with E-state index in [0.29, 0.717) is 5.57 Å². The highest BCUT2D eigenvalue weighted by Gasteiger charge is 2.25. The van der Waals surface area contributed by atoms with E-state index in [-0.39, 0.29) is 18.7 Å². The molecular weight excluding hydrogens is 238 g/mol. The monoisotopic (exact) mass is 255 g/mol. The number of ether oxygens (including phenoxy) is 2. The van der Waals surface area contributed by atoms with Gasteiger partial charge in [-0.15, -0.1) is 0 Å². The number of allylic oxidation sites excluding steroid dienone is 1. The Balaban J connectivity index is 2.52. The number of carbonyl (C=O) groups is 3. The van der Waals surface area contributed by atoms with E-state index in [1.54, 1.807) is 0 Å². The van der Waals surface area contributed by atoms with Gasteiger partial charge in [-0.3, -0.25) is 9.59 Å². The van der Waals surface area contributed by atoms with Gasteiger partial charge >= 0.3 is 11.9 Å². The minimum atomic E-state index is -0.817.